The Bertz CT molecular complexity index is 149. The van der Waals surface area contributed by atoms with E-state index in [1.165, 1.54) is 14.0 Å². The fourth-order valence-corrected chi connectivity index (χ4v) is 1.27. The maximum absolute atomic E-state index is 9.31. The Balaban J connectivity index is 2.60. The molecule has 0 radical (unpaired) electrons. The van der Waals surface area contributed by atoms with E-state index < -0.39 is 30.7 Å². The Hall–Kier alpha value is -0.200. The third-order valence-electron chi connectivity index (χ3n) is 1.96. The summed E-state index contributed by atoms with van der Waals surface area (Å²) < 4.78 is 9.76. The highest BCUT2D eigenvalue weighted by Crippen LogP contribution is 2.23. The van der Waals surface area contributed by atoms with Crippen LogP contribution in [0.1, 0.15) is 6.92 Å². The predicted molar refractivity (Wildman–Crippen MR) is 39.4 cm³/mol. The van der Waals surface area contributed by atoms with Gasteiger partial charge < -0.3 is 24.8 Å². The van der Waals surface area contributed by atoms with Gasteiger partial charge in [-0.05, 0) is 6.92 Å². The van der Waals surface area contributed by atoms with Gasteiger partial charge in [0.2, 0.25) is 0 Å². The second-order valence-corrected chi connectivity index (χ2v) is 2.93. The molecule has 5 heteroatoms. The highest BCUT2D eigenvalue weighted by atomic mass is 16.7. The fourth-order valence-electron chi connectivity index (χ4n) is 1.27. The van der Waals surface area contributed by atoms with E-state index in [-0.39, 0.29) is 0 Å². The van der Waals surface area contributed by atoms with Gasteiger partial charge in [-0.1, -0.05) is 0 Å². The summed E-state index contributed by atoms with van der Waals surface area (Å²) >= 11 is 0. The molecule has 1 rings (SSSR count). The summed E-state index contributed by atoms with van der Waals surface area (Å²) in [4.78, 5) is 0. The lowest BCUT2D eigenvalue weighted by molar-refractivity contribution is -0.161. The molecule has 0 bridgehead atoms. The summed E-state index contributed by atoms with van der Waals surface area (Å²) in [5.41, 5.74) is 0. The molecule has 72 valence electrons. The molecule has 5 unspecified atom stereocenters. The van der Waals surface area contributed by atoms with Crippen LogP contribution in [0.2, 0.25) is 0 Å². The zero-order chi connectivity index (χ0) is 9.30. The van der Waals surface area contributed by atoms with Crippen molar-refractivity contribution < 1.29 is 24.8 Å². The Morgan fingerprint density at radius 1 is 1.33 bits per heavy atom. The molecule has 0 aliphatic carbocycles. The largest absolute Gasteiger partial charge is 0.391 e. The summed E-state index contributed by atoms with van der Waals surface area (Å²) in [6.07, 6.45) is -4.62. The quantitative estimate of drug-likeness (QED) is 0.477. The fraction of sp³-hybridized carbons (Fsp3) is 1.00. The maximum Gasteiger partial charge on any atom is 0.186 e. The summed E-state index contributed by atoms with van der Waals surface area (Å²) in [5, 5.41) is 27.7. The van der Waals surface area contributed by atoms with Crippen LogP contribution in [0.25, 0.3) is 0 Å². The molecule has 0 amide bonds. The van der Waals surface area contributed by atoms with Crippen molar-refractivity contribution in [1.82, 2.24) is 0 Å². The van der Waals surface area contributed by atoms with Gasteiger partial charge in [0.05, 0.1) is 6.10 Å². The Labute approximate surface area is 70.5 Å². The van der Waals surface area contributed by atoms with E-state index in [2.05, 4.69) is 0 Å². The molecule has 0 aromatic rings. The van der Waals surface area contributed by atoms with Gasteiger partial charge in [0.25, 0.3) is 0 Å². The summed E-state index contributed by atoms with van der Waals surface area (Å²) in [5.74, 6) is 0. The van der Waals surface area contributed by atoms with Crippen molar-refractivity contribution >= 4 is 0 Å². The smallest absolute Gasteiger partial charge is 0.186 e. The standard InChI is InChI=1S/C7H14O5/c1-3(8)6-4(9)5(10)7(11-2)12-6/h3-10H,1-2H3. The Morgan fingerprint density at radius 2 is 1.92 bits per heavy atom. The number of methoxy groups -OCH3 is 1. The van der Waals surface area contributed by atoms with Gasteiger partial charge in [-0.25, -0.2) is 0 Å². The van der Waals surface area contributed by atoms with E-state index in [1.807, 2.05) is 0 Å². The average molecular weight is 178 g/mol. The molecular weight excluding hydrogens is 164 g/mol. The van der Waals surface area contributed by atoms with E-state index in [0.717, 1.165) is 0 Å². The molecule has 1 aliphatic heterocycles. The van der Waals surface area contributed by atoms with E-state index in [1.54, 1.807) is 0 Å². The highest BCUT2D eigenvalue weighted by molar-refractivity contribution is 4.89. The first-order valence-corrected chi connectivity index (χ1v) is 3.80. The number of aliphatic hydroxyl groups is 3. The van der Waals surface area contributed by atoms with Crippen molar-refractivity contribution in [1.29, 1.82) is 0 Å². The van der Waals surface area contributed by atoms with Crippen LogP contribution in [-0.2, 0) is 9.47 Å². The molecular formula is C7H14O5. The molecule has 12 heavy (non-hydrogen) atoms. The van der Waals surface area contributed by atoms with Gasteiger partial charge in [-0.15, -0.1) is 0 Å². The molecule has 3 N–H and O–H groups in total. The first-order valence-electron chi connectivity index (χ1n) is 3.80. The summed E-state index contributed by atoms with van der Waals surface area (Å²) in [6.45, 7) is 1.48. The van der Waals surface area contributed by atoms with Crippen LogP contribution in [-0.4, -0.2) is 53.1 Å². The minimum Gasteiger partial charge on any atom is -0.391 e. The van der Waals surface area contributed by atoms with Crippen molar-refractivity contribution in [2.45, 2.75) is 37.6 Å². The SMILES string of the molecule is COC1OC(C(C)O)C(O)C1O. The van der Waals surface area contributed by atoms with Crippen LogP contribution < -0.4 is 0 Å². The monoisotopic (exact) mass is 178 g/mol. The zero-order valence-corrected chi connectivity index (χ0v) is 7.04. The lowest BCUT2D eigenvalue weighted by Crippen LogP contribution is -2.37. The second kappa shape index (κ2) is 3.68. The molecule has 0 saturated carbocycles. The lowest BCUT2D eigenvalue weighted by Gasteiger charge is -2.16. The molecule has 1 fully saturated rings. The van der Waals surface area contributed by atoms with E-state index in [9.17, 15) is 10.2 Å². The first-order chi connectivity index (χ1) is 5.57. The van der Waals surface area contributed by atoms with Crippen molar-refractivity contribution in [2.75, 3.05) is 7.11 Å². The van der Waals surface area contributed by atoms with Crippen LogP contribution in [0.4, 0.5) is 0 Å². The topological polar surface area (TPSA) is 79.2 Å². The Morgan fingerprint density at radius 3 is 2.17 bits per heavy atom. The van der Waals surface area contributed by atoms with Crippen molar-refractivity contribution in [3.63, 3.8) is 0 Å². The minimum absolute atomic E-state index is 0.773. The van der Waals surface area contributed by atoms with Crippen LogP contribution in [0, 0.1) is 0 Å². The lowest BCUT2D eigenvalue weighted by atomic mass is 10.1. The highest BCUT2D eigenvalue weighted by Gasteiger charge is 2.44. The van der Waals surface area contributed by atoms with Crippen LogP contribution in [0.3, 0.4) is 0 Å². The molecule has 1 aliphatic rings. The van der Waals surface area contributed by atoms with E-state index >= 15 is 0 Å². The van der Waals surface area contributed by atoms with Crippen LogP contribution >= 0.6 is 0 Å². The molecule has 0 spiro atoms. The van der Waals surface area contributed by atoms with E-state index in [0.29, 0.717) is 0 Å². The second-order valence-electron chi connectivity index (χ2n) is 2.93. The first kappa shape index (κ1) is 9.88. The van der Waals surface area contributed by atoms with Crippen LogP contribution in [0.15, 0.2) is 0 Å². The van der Waals surface area contributed by atoms with Crippen molar-refractivity contribution in [3.8, 4) is 0 Å². The molecule has 0 aromatic carbocycles. The van der Waals surface area contributed by atoms with Crippen molar-refractivity contribution in [2.24, 2.45) is 0 Å². The normalized spacial score (nSPS) is 44.8. The van der Waals surface area contributed by atoms with Gasteiger partial charge in [-0.3, -0.25) is 0 Å². The van der Waals surface area contributed by atoms with E-state index in [4.69, 9.17) is 14.6 Å². The van der Waals surface area contributed by atoms with Gasteiger partial charge >= 0.3 is 0 Å². The van der Waals surface area contributed by atoms with Gasteiger partial charge in [0.15, 0.2) is 6.29 Å². The number of hydrogen-bond acceptors (Lipinski definition) is 5. The zero-order valence-electron chi connectivity index (χ0n) is 7.04. The molecule has 1 heterocycles. The number of ether oxygens (including phenoxy) is 2. The predicted octanol–water partition coefficient (Wildman–Crippen LogP) is -1.54. The molecule has 5 nitrogen and oxygen atoms in total. The number of hydrogen-bond donors (Lipinski definition) is 3. The average Bonchev–Trinajstić information content (AvgIpc) is 2.30. The summed E-state index contributed by atoms with van der Waals surface area (Å²) in [7, 11) is 1.37. The third kappa shape index (κ3) is 1.60. The number of aliphatic hydroxyl groups excluding tert-OH is 3. The third-order valence-corrected chi connectivity index (χ3v) is 1.96. The minimum atomic E-state index is -1.09. The van der Waals surface area contributed by atoms with Crippen LogP contribution in [0.5, 0.6) is 0 Å². The van der Waals surface area contributed by atoms with Crippen molar-refractivity contribution in [3.05, 3.63) is 0 Å². The molecule has 5 atom stereocenters. The molecule has 1 saturated heterocycles. The number of rotatable bonds is 2. The Kier molecular flexibility index (Phi) is 3.03. The molecule has 0 aromatic heterocycles. The van der Waals surface area contributed by atoms with Gasteiger partial charge in [0.1, 0.15) is 18.3 Å². The van der Waals surface area contributed by atoms with Gasteiger partial charge in [0, 0.05) is 7.11 Å². The van der Waals surface area contributed by atoms with Gasteiger partial charge in [-0.2, -0.15) is 0 Å². The summed E-state index contributed by atoms with van der Waals surface area (Å²) in [6, 6.07) is 0. The maximum atomic E-state index is 9.31.